The number of pyridine rings is 1. The van der Waals surface area contributed by atoms with Crippen molar-refractivity contribution in [1.82, 2.24) is 24.7 Å². The Bertz CT molecular complexity index is 1190. The predicted molar refractivity (Wildman–Crippen MR) is 108 cm³/mol. The van der Waals surface area contributed by atoms with Crippen LogP contribution >= 0.6 is 0 Å². The molecule has 1 amide bonds. The van der Waals surface area contributed by atoms with E-state index >= 15 is 0 Å². The summed E-state index contributed by atoms with van der Waals surface area (Å²) in [7, 11) is 0. The first-order chi connectivity index (χ1) is 13.8. The molecule has 0 fully saturated rings. The minimum absolute atomic E-state index is 0.114. The highest BCUT2D eigenvalue weighted by Gasteiger charge is 2.22. The van der Waals surface area contributed by atoms with Crippen LogP contribution in [0.5, 0.6) is 0 Å². The number of carbonyl (C=O) groups excluding carboxylic acids is 1. The van der Waals surface area contributed by atoms with E-state index in [0.29, 0.717) is 23.2 Å². The number of nitrogens with one attached hydrogen (secondary N) is 1. The molecular weight excluding hydrogens is 368 g/mol. The molecule has 8 heteroatoms. The first-order valence-corrected chi connectivity index (χ1v) is 9.34. The van der Waals surface area contributed by atoms with Gasteiger partial charge in [0.15, 0.2) is 11.5 Å². The van der Waals surface area contributed by atoms with Crippen LogP contribution in [0.2, 0.25) is 0 Å². The number of amides is 1. The minimum atomic E-state index is -0.196. The molecule has 8 nitrogen and oxygen atoms in total. The van der Waals surface area contributed by atoms with Crippen LogP contribution in [0.1, 0.15) is 38.0 Å². The van der Waals surface area contributed by atoms with Crippen molar-refractivity contribution >= 4 is 17.2 Å². The fraction of sp³-hybridized carbons (Fsp3) is 0.286. The quantitative estimate of drug-likeness (QED) is 0.572. The molecule has 29 heavy (non-hydrogen) atoms. The Morgan fingerprint density at radius 2 is 2.00 bits per heavy atom. The number of anilines is 1. The molecular formula is C21H22N6O2. The lowest BCUT2D eigenvalue weighted by molar-refractivity contribution is -0.115. The minimum Gasteiger partial charge on any atom is -0.334 e. The Labute approximate surface area is 168 Å². The van der Waals surface area contributed by atoms with Crippen molar-refractivity contribution in [3.05, 3.63) is 59.8 Å². The Hall–Kier alpha value is -3.55. The topological polar surface area (TPSA) is 98.2 Å². The molecule has 3 aromatic heterocycles. The number of aromatic nitrogens is 5. The summed E-state index contributed by atoms with van der Waals surface area (Å²) in [5.41, 5.74) is 3.01. The van der Waals surface area contributed by atoms with Gasteiger partial charge in [0, 0.05) is 22.9 Å². The average molecular weight is 390 g/mol. The summed E-state index contributed by atoms with van der Waals surface area (Å²) < 4.78 is 7.17. The highest BCUT2D eigenvalue weighted by molar-refractivity contribution is 5.92. The summed E-state index contributed by atoms with van der Waals surface area (Å²) in [5.74, 6) is 1.47. The van der Waals surface area contributed by atoms with E-state index in [1.807, 2.05) is 64.1 Å². The zero-order valence-corrected chi connectivity index (χ0v) is 16.8. The third-order valence-corrected chi connectivity index (χ3v) is 4.44. The van der Waals surface area contributed by atoms with E-state index in [4.69, 9.17) is 4.52 Å². The van der Waals surface area contributed by atoms with Gasteiger partial charge in [-0.2, -0.15) is 4.98 Å². The van der Waals surface area contributed by atoms with E-state index in [1.165, 1.54) is 0 Å². The lowest BCUT2D eigenvalue weighted by atomic mass is 9.96. The summed E-state index contributed by atoms with van der Waals surface area (Å²) in [6, 6.07) is 11.3. The van der Waals surface area contributed by atoms with Gasteiger partial charge in [-0.15, -0.1) is 10.2 Å². The Kier molecular flexibility index (Phi) is 4.62. The number of rotatable bonds is 4. The molecule has 148 valence electrons. The number of nitrogens with zero attached hydrogens (tertiary/aromatic N) is 5. The fourth-order valence-electron chi connectivity index (χ4n) is 2.91. The SMILES string of the molecule is Cc1cccc(NC(=O)Cc2nnc3cc(-c4nc(C(C)(C)C)no4)ccn23)c1. The largest absolute Gasteiger partial charge is 0.334 e. The molecule has 0 aliphatic heterocycles. The zero-order chi connectivity index (χ0) is 20.6. The van der Waals surface area contributed by atoms with Crippen LogP contribution in [0.25, 0.3) is 17.1 Å². The van der Waals surface area contributed by atoms with Crippen LogP contribution in [-0.2, 0) is 16.6 Å². The van der Waals surface area contributed by atoms with Crippen LogP contribution in [0.4, 0.5) is 5.69 Å². The number of hydrogen-bond acceptors (Lipinski definition) is 6. The van der Waals surface area contributed by atoms with Crippen molar-refractivity contribution in [1.29, 1.82) is 0 Å². The van der Waals surface area contributed by atoms with E-state index in [0.717, 1.165) is 16.8 Å². The van der Waals surface area contributed by atoms with E-state index in [9.17, 15) is 4.79 Å². The molecule has 0 atom stereocenters. The Morgan fingerprint density at radius 1 is 1.17 bits per heavy atom. The number of benzene rings is 1. The van der Waals surface area contributed by atoms with Crippen LogP contribution in [0.15, 0.2) is 47.1 Å². The van der Waals surface area contributed by atoms with E-state index in [2.05, 4.69) is 25.7 Å². The van der Waals surface area contributed by atoms with Crippen LogP contribution in [0.3, 0.4) is 0 Å². The third kappa shape index (κ3) is 4.01. The van der Waals surface area contributed by atoms with Crippen LogP contribution < -0.4 is 5.32 Å². The summed E-state index contributed by atoms with van der Waals surface area (Å²) in [6.45, 7) is 8.05. The second kappa shape index (κ2) is 7.12. The monoisotopic (exact) mass is 390 g/mol. The standard InChI is InChI=1S/C21H22N6O2/c1-13-6-5-7-15(10-13)22-18(28)12-17-25-24-16-11-14(8-9-27(16)17)19-23-20(26-29-19)21(2,3)4/h5-11H,12H2,1-4H3,(H,22,28). The lowest BCUT2D eigenvalue weighted by Crippen LogP contribution is -2.16. The van der Waals surface area contributed by atoms with E-state index in [1.54, 1.807) is 10.6 Å². The highest BCUT2D eigenvalue weighted by atomic mass is 16.5. The van der Waals surface area contributed by atoms with Gasteiger partial charge >= 0.3 is 0 Å². The normalized spacial score (nSPS) is 11.7. The molecule has 0 unspecified atom stereocenters. The zero-order valence-electron chi connectivity index (χ0n) is 16.8. The number of carbonyl (C=O) groups is 1. The fourth-order valence-corrected chi connectivity index (χ4v) is 2.91. The van der Waals surface area contributed by atoms with Gasteiger partial charge in [0.1, 0.15) is 5.82 Å². The Balaban J connectivity index is 1.54. The maximum absolute atomic E-state index is 12.4. The highest BCUT2D eigenvalue weighted by Crippen LogP contribution is 2.24. The van der Waals surface area contributed by atoms with Gasteiger partial charge in [0.25, 0.3) is 5.89 Å². The molecule has 0 aliphatic rings. The summed E-state index contributed by atoms with van der Waals surface area (Å²) >= 11 is 0. The smallest absolute Gasteiger partial charge is 0.258 e. The van der Waals surface area contributed by atoms with E-state index < -0.39 is 0 Å². The average Bonchev–Trinajstić information content (AvgIpc) is 3.29. The molecule has 4 aromatic rings. The second-order valence-electron chi connectivity index (χ2n) is 8.03. The molecule has 0 saturated heterocycles. The van der Waals surface area contributed by atoms with Gasteiger partial charge in [0.05, 0.1) is 6.42 Å². The molecule has 4 rings (SSSR count). The predicted octanol–water partition coefficient (Wildman–Crippen LogP) is 3.57. The van der Waals surface area contributed by atoms with Crippen molar-refractivity contribution in [2.45, 2.75) is 39.5 Å². The molecule has 0 aliphatic carbocycles. The van der Waals surface area contributed by atoms with Gasteiger partial charge in [-0.1, -0.05) is 38.1 Å². The molecule has 0 bridgehead atoms. The van der Waals surface area contributed by atoms with Crippen molar-refractivity contribution in [3.63, 3.8) is 0 Å². The molecule has 0 saturated carbocycles. The van der Waals surface area contributed by atoms with Crippen molar-refractivity contribution in [2.24, 2.45) is 0 Å². The lowest BCUT2D eigenvalue weighted by Gasteiger charge is -2.10. The van der Waals surface area contributed by atoms with Crippen LogP contribution in [0, 0.1) is 6.92 Å². The maximum atomic E-state index is 12.4. The van der Waals surface area contributed by atoms with Gasteiger partial charge in [-0.25, -0.2) is 0 Å². The molecule has 1 aromatic carbocycles. The van der Waals surface area contributed by atoms with Crippen molar-refractivity contribution in [2.75, 3.05) is 5.32 Å². The maximum Gasteiger partial charge on any atom is 0.258 e. The van der Waals surface area contributed by atoms with Crippen molar-refractivity contribution in [3.8, 4) is 11.5 Å². The van der Waals surface area contributed by atoms with Gasteiger partial charge in [-0.3, -0.25) is 9.20 Å². The molecule has 3 heterocycles. The Morgan fingerprint density at radius 3 is 2.72 bits per heavy atom. The van der Waals surface area contributed by atoms with Crippen molar-refractivity contribution < 1.29 is 9.32 Å². The number of fused-ring (bicyclic) bond motifs is 1. The summed E-state index contributed by atoms with van der Waals surface area (Å²) in [6.07, 6.45) is 1.92. The third-order valence-electron chi connectivity index (χ3n) is 4.44. The van der Waals surface area contributed by atoms with Gasteiger partial charge < -0.3 is 9.84 Å². The van der Waals surface area contributed by atoms with Gasteiger partial charge in [0.2, 0.25) is 5.91 Å². The molecule has 0 spiro atoms. The number of aryl methyl sites for hydroxylation is 1. The van der Waals surface area contributed by atoms with Crippen LogP contribution in [-0.4, -0.2) is 30.6 Å². The summed E-state index contributed by atoms with van der Waals surface area (Å²) in [5, 5.41) is 15.3. The first kappa shape index (κ1) is 18.8. The first-order valence-electron chi connectivity index (χ1n) is 9.34. The molecule has 1 N–H and O–H groups in total. The second-order valence-corrected chi connectivity index (χ2v) is 8.03. The summed E-state index contributed by atoms with van der Waals surface area (Å²) in [4.78, 5) is 16.9. The number of hydrogen-bond donors (Lipinski definition) is 1. The van der Waals surface area contributed by atoms with Gasteiger partial charge in [-0.05, 0) is 36.8 Å². The van der Waals surface area contributed by atoms with E-state index in [-0.39, 0.29) is 17.7 Å². The molecule has 0 radical (unpaired) electrons.